The summed E-state index contributed by atoms with van der Waals surface area (Å²) in [6.45, 7) is 2.90. The second kappa shape index (κ2) is 5.09. The highest BCUT2D eigenvalue weighted by Gasteiger charge is 2.17. The predicted octanol–water partition coefficient (Wildman–Crippen LogP) is 0.535. The molecule has 2 heterocycles. The Hall–Kier alpha value is -1.69. The van der Waals surface area contributed by atoms with Gasteiger partial charge < -0.3 is 9.88 Å². The van der Waals surface area contributed by atoms with Gasteiger partial charge in [-0.2, -0.15) is 5.10 Å². The Kier molecular flexibility index (Phi) is 3.53. The number of rotatable bonds is 5. The lowest BCUT2D eigenvalue weighted by Gasteiger charge is -2.15. The summed E-state index contributed by atoms with van der Waals surface area (Å²) >= 11 is 0. The smallest absolute Gasteiger partial charge is 0.138 e. The van der Waals surface area contributed by atoms with E-state index in [0.717, 1.165) is 24.6 Å². The minimum absolute atomic E-state index is 0.157. The van der Waals surface area contributed by atoms with E-state index in [1.165, 1.54) is 0 Å². The van der Waals surface area contributed by atoms with Crippen molar-refractivity contribution in [3.63, 3.8) is 0 Å². The Morgan fingerprint density at radius 2 is 2.24 bits per heavy atom. The third-order valence-corrected chi connectivity index (χ3v) is 2.90. The van der Waals surface area contributed by atoms with Crippen molar-refractivity contribution in [3.8, 4) is 0 Å². The molecule has 6 nitrogen and oxygen atoms in total. The molecule has 0 aromatic carbocycles. The van der Waals surface area contributed by atoms with Crippen molar-refractivity contribution in [1.29, 1.82) is 0 Å². The number of hydrogen-bond acceptors (Lipinski definition) is 4. The van der Waals surface area contributed by atoms with Gasteiger partial charge >= 0.3 is 0 Å². The van der Waals surface area contributed by atoms with Crippen LogP contribution in [-0.2, 0) is 20.0 Å². The standard InChI is InChI=1S/C11H18N6/c1-4-17-10(14-8-15-17)7-9(12-2)11-13-5-6-16(11)3/h5-6,8-9,12H,4,7H2,1-3H3. The summed E-state index contributed by atoms with van der Waals surface area (Å²) in [5.74, 6) is 1.99. The number of nitrogens with zero attached hydrogens (tertiary/aromatic N) is 5. The van der Waals surface area contributed by atoms with E-state index in [-0.39, 0.29) is 6.04 Å². The van der Waals surface area contributed by atoms with Crippen LogP contribution in [0.15, 0.2) is 18.7 Å². The van der Waals surface area contributed by atoms with E-state index >= 15 is 0 Å². The van der Waals surface area contributed by atoms with Crippen molar-refractivity contribution in [2.45, 2.75) is 25.9 Å². The number of nitrogens with one attached hydrogen (secondary N) is 1. The largest absolute Gasteiger partial charge is 0.337 e. The second-order valence-electron chi connectivity index (χ2n) is 3.93. The van der Waals surface area contributed by atoms with E-state index < -0.39 is 0 Å². The predicted molar refractivity (Wildman–Crippen MR) is 64.4 cm³/mol. The van der Waals surface area contributed by atoms with Crippen LogP contribution in [0, 0.1) is 0 Å². The first-order chi connectivity index (χ1) is 8.26. The Bertz CT molecular complexity index is 472. The monoisotopic (exact) mass is 234 g/mol. The van der Waals surface area contributed by atoms with Crippen LogP contribution in [0.3, 0.4) is 0 Å². The molecule has 6 heteroatoms. The van der Waals surface area contributed by atoms with Crippen molar-refractivity contribution in [1.82, 2.24) is 29.6 Å². The van der Waals surface area contributed by atoms with Crippen LogP contribution in [0.4, 0.5) is 0 Å². The Morgan fingerprint density at radius 3 is 2.82 bits per heavy atom. The van der Waals surface area contributed by atoms with E-state index in [4.69, 9.17) is 0 Å². The van der Waals surface area contributed by atoms with Crippen LogP contribution in [-0.4, -0.2) is 31.4 Å². The highest BCUT2D eigenvalue weighted by atomic mass is 15.3. The maximum Gasteiger partial charge on any atom is 0.138 e. The molecule has 0 aliphatic carbocycles. The Labute approximate surface area is 101 Å². The van der Waals surface area contributed by atoms with Gasteiger partial charge in [0.15, 0.2) is 0 Å². The molecule has 17 heavy (non-hydrogen) atoms. The van der Waals surface area contributed by atoms with Gasteiger partial charge in [0.2, 0.25) is 0 Å². The molecule has 0 aliphatic heterocycles. The van der Waals surface area contributed by atoms with Gasteiger partial charge in [0.1, 0.15) is 18.0 Å². The van der Waals surface area contributed by atoms with Crippen LogP contribution in [0.5, 0.6) is 0 Å². The summed E-state index contributed by atoms with van der Waals surface area (Å²) in [6.07, 6.45) is 6.15. The summed E-state index contributed by atoms with van der Waals surface area (Å²) in [7, 11) is 3.93. The fraction of sp³-hybridized carbons (Fsp3) is 0.545. The number of aromatic nitrogens is 5. The van der Waals surface area contributed by atoms with E-state index in [1.54, 1.807) is 6.33 Å². The van der Waals surface area contributed by atoms with Crippen molar-refractivity contribution in [3.05, 3.63) is 30.4 Å². The summed E-state index contributed by atoms with van der Waals surface area (Å²) in [4.78, 5) is 8.66. The van der Waals surface area contributed by atoms with Crippen LogP contribution < -0.4 is 5.32 Å². The zero-order valence-electron chi connectivity index (χ0n) is 10.5. The molecule has 1 unspecified atom stereocenters. The number of imidazole rings is 1. The third-order valence-electron chi connectivity index (χ3n) is 2.90. The molecule has 0 fully saturated rings. The minimum atomic E-state index is 0.157. The van der Waals surface area contributed by atoms with E-state index in [9.17, 15) is 0 Å². The molecule has 2 aromatic heterocycles. The van der Waals surface area contributed by atoms with Crippen molar-refractivity contribution >= 4 is 0 Å². The maximum absolute atomic E-state index is 4.37. The first kappa shape index (κ1) is 11.8. The molecule has 2 rings (SSSR count). The van der Waals surface area contributed by atoms with E-state index in [2.05, 4.69) is 27.3 Å². The molecule has 0 saturated heterocycles. The van der Waals surface area contributed by atoms with Crippen molar-refractivity contribution < 1.29 is 0 Å². The van der Waals surface area contributed by atoms with Crippen LogP contribution >= 0.6 is 0 Å². The van der Waals surface area contributed by atoms with Gasteiger partial charge in [-0.15, -0.1) is 0 Å². The number of aryl methyl sites for hydroxylation is 2. The molecule has 2 aromatic rings. The fourth-order valence-corrected chi connectivity index (χ4v) is 1.93. The third kappa shape index (κ3) is 2.36. The molecule has 1 atom stereocenters. The Balaban J connectivity index is 2.19. The first-order valence-corrected chi connectivity index (χ1v) is 5.77. The first-order valence-electron chi connectivity index (χ1n) is 5.77. The lowest BCUT2D eigenvalue weighted by atomic mass is 10.2. The van der Waals surface area contributed by atoms with Gasteiger partial charge in [-0.05, 0) is 14.0 Å². The SMILES string of the molecule is CCn1ncnc1CC(NC)c1nccn1C. The zero-order valence-corrected chi connectivity index (χ0v) is 10.5. The van der Waals surface area contributed by atoms with Gasteiger partial charge in [0, 0.05) is 32.4 Å². The molecule has 1 N–H and O–H groups in total. The molecule has 0 aliphatic rings. The molecule has 0 radical (unpaired) electrons. The summed E-state index contributed by atoms with van der Waals surface area (Å²) < 4.78 is 3.93. The van der Waals surface area contributed by atoms with Crippen LogP contribution in [0.2, 0.25) is 0 Å². The molecular weight excluding hydrogens is 216 g/mol. The van der Waals surface area contributed by atoms with Gasteiger partial charge in [-0.3, -0.25) is 4.68 Å². The van der Waals surface area contributed by atoms with Crippen molar-refractivity contribution in [2.24, 2.45) is 7.05 Å². The second-order valence-corrected chi connectivity index (χ2v) is 3.93. The number of likely N-dealkylation sites (N-methyl/N-ethyl adjacent to an activating group) is 1. The minimum Gasteiger partial charge on any atom is -0.337 e. The molecule has 0 amide bonds. The average Bonchev–Trinajstić information content (AvgIpc) is 2.94. The average molecular weight is 234 g/mol. The highest BCUT2D eigenvalue weighted by molar-refractivity contribution is 5.03. The van der Waals surface area contributed by atoms with Crippen LogP contribution in [0.1, 0.15) is 24.6 Å². The van der Waals surface area contributed by atoms with E-state index in [1.807, 2.05) is 35.7 Å². The highest BCUT2D eigenvalue weighted by Crippen LogP contribution is 2.14. The molecular formula is C11H18N6. The number of hydrogen-bond donors (Lipinski definition) is 1. The zero-order chi connectivity index (χ0) is 12.3. The van der Waals surface area contributed by atoms with Gasteiger partial charge in [0.05, 0.1) is 6.04 Å². The summed E-state index contributed by atoms with van der Waals surface area (Å²) in [5, 5.41) is 7.45. The van der Waals surface area contributed by atoms with Gasteiger partial charge in [-0.25, -0.2) is 9.97 Å². The topological polar surface area (TPSA) is 60.6 Å². The molecule has 0 spiro atoms. The maximum atomic E-state index is 4.37. The van der Waals surface area contributed by atoms with Gasteiger partial charge in [-0.1, -0.05) is 0 Å². The normalized spacial score (nSPS) is 12.9. The molecule has 0 bridgehead atoms. The quantitative estimate of drug-likeness (QED) is 0.820. The lowest BCUT2D eigenvalue weighted by Crippen LogP contribution is -2.24. The Morgan fingerprint density at radius 1 is 1.41 bits per heavy atom. The molecule has 92 valence electrons. The van der Waals surface area contributed by atoms with Gasteiger partial charge in [0.25, 0.3) is 0 Å². The van der Waals surface area contributed by atoms with Crippen LogP contribution in [0.25, 0.3) is 0 Å². The molecule has 0 saturated carbocycles. The fourth-order valence-electron chi connectivity index (χ4n) is 1.93. The summed E-state index contributed by atoms with van der Waals surface area (Å²) in [5.41, 5.74) is 0. The van der Waals surface area contributed by atoms with E-state index in [0.29, 0.717) is 0 Å². The summed E-state index contributed by atoms with van der Waals surface area (Å²) in [6, 6.07) is 0.157. The lowest BCUT2D eigenvalue weighted by molar-refractivity contribution is 0.501. The van der Waals surface area contributed by atoms with Crippen molar-refractivity contribution in [2.75, 3.05) is 7.05 Å².